The molecule has 4 rings (SSSR count). The van der Waals surface area contributed by atoms with E-state index in [-0.39, 0.29) is 11.3 Å². The number of piperidine rings is 1. The topological polar surface area (TPSA) is 23.6 Å². The van der Waals surface area contributed by atoms with Crippen molar-refractivity contribution in [1.29, 1.82) is 0 Å². The van der Waals surface area contributed by atoms with Gasteiger partial charge in [0.05, 0.1) is 0 Å². The van der Waals surface area contributed by atoms with Crippen molar-refractivity contribution < 1.29 is 4.79 Å². The fourth-order valence-electron chi connectivity index (χ4n) is 4.84. The van der Waals surface area contributed by atoms with Crippen LogP contribution < -0.4 is 0 Å². The minimum atomic E-state index is 0.247. The highest BCUT2D eigenvalue weighted by Gasteiger charge is 2.45. The van der Waals surface area contributed by atoms with Crippen LogP contribution in [0.25, 0.3) is 0 Å². The molecule has 1 amide bonds. The maximum absolute atomic E-state index is 12.3. The first kappa shape index (κ1) is 17.7. The average Bonchev–Trinajstić information content (AvgIpc) is 3.25. The standard InChI is InChI=1S/C22H28N2OS/c1-23(2)21(25)14-17-15-22(20-8-4-3-7-19(17)20)9-11-24(12-10-22)16-18-6-5-13-26-18/h3-8,13,17H,9-12,14-16H2,1-2H3/t17-/m0/s1. The lowest BCUT2D eigenvalue weighted by Crippen LogP contribution is -2.41. The molecule has 138 valence electrons. The number of fused-ring (bicyclic) bond motifs is 2. The van der Waals surface area contributed by atoms with Crippen LogP contribution in [0.1, 0.15) is 47.6 Å². The smallest absolute Gasteiger partial charge is 0.222 e. The first-order chi connectivity index (χ1) is 12.6. The number of benzene rings is 1. The van der Waals surface area contributed by atoms with Crippen LogP contribution in [-0.4, -0.2) is 42.9 Å². The van der Waals surface area contributed by atoms with Gasteiger partial charge >= 0.3 is 0 Å². The van der Waals surface area contributed by atoms with Gasteiger partial charge in [-0.3, -0.25) is 9.69 Å². The molecule has 1 atom stereocenters. The van der Waals surface area contributed by atoms with Crippen LogP contribution in [0.2, 0.25) is 0 Å². The first-order valence-corrected chi connectivity index (χ1v) is 10.5. The lowest BCUT2D eigenvalue weighted by atomic mass is 9.73. The van der Waals surface area contributed by atoms with E-state index in [1.807, 2.05) is 25.4 Å². The molecule has 1 aromatic carbocycles. The van der Waals surface area contributed by atoms with E-state index in [9.17, 15) is 4.79 Å². The van der Waals surface area contributed by atoms with Crippen molar-refractivity contribution in [1.82, 2.24) is 9.80 Å². The molecule has 26 heavy (non-hydrogen) atoms. The van der Waals surface area contributed by atoms with Crippen LogP contribution in [-0.2, 0) is 16.8 Å². The fourth-order valence-corrected chi connectivity index (χ4v) is 5.58. The maximum Gasteiger partial charge on any atom is 0.222 e. The Hall–Kier alpha value is -1.65. The molecule has 3 nitrogen and oxygen atoms in total. The minimum absolute atomic E-state index is 0.247. The second-order valence-corrected chi connectivity index (χ2v) is 9.15. The van der Waals surface area contributed by atoms with Crippen LogP contribution in [0.4, 0.5) is 0 Å². The highest BCUT2D eigenvalue weighted by atomic mass is 32.1. The first-order valence-electron chi connectivity index (χ1n) is 9.62. The quantitative estimate of drug-likeness (QED) is 0.805. The minimum Gasteiger partial charge on any atom is -0.349 e. The second kappa shape index (κ2) is 7.16. The molecule has 0 radical (unpaired) electrons. The van der Waals surface area contributed by atoms with Gasteiger partial charge in [-0.2, -0.15) is 0 Å². The van der Waals surface area contributed by atoms with Crippen LogP contribution in [0.3, 0.4) is 0 Å². The second-order valence-electron chi connectivity index (χ2n) is 8.12. The normalized spacial score (nSPS) is 21.7. The molecule has 2 aromatic rings. The largest absolute Gasteiger partial charge is 0.349 e. The number of nitrogens with zero attached hydrogens (tertiary/aromatic N) is 2. The highest BCUT2D eigenvalue weighted by molar-refractivity contribution is 7.09. The van der Waals surface area contributed by atoms with E-state index in [1.54, 1.807) is 4.90 Å². The molecule has 1 spiro atoms. The number of rotatable bonds is 4. The van der Waals surface area contributed by atoms with Gasteiger partial charge in [0.1, 0.15) is 0 Å². The maximum atomic E-state index is 12.3. The Labute approximate surface area is 160 Å². The van der Waals surface area contributed by atoms with Gasteiger partial charge < -0.3 is 4.90 Å². The Bertz CT molecular complexity index is 760. The summed E-state index contributed by atoms with van der Waals surface area (Å²) in [6, 6.07) is 13.3. The van der Waals surface area contributed by atoms with Crippen LogP contribution in [0, 0.1) is 0 Å². The fraction of sp³-hybridized carbons (Fsp3) is 0.500. The summed E-state index contributed by atoms with van der Waals surface area (Å²) < 4.78 is 0. The van der Waals surface area contributed by atoms with Crippen molar-refractivity contribution in [3.63, 3.8) is 0 Å². The van der Waals surface area contributed by atoms with Crippen LogP contribution >= 0.6 is 11.3 Å². The molecule has 1 aromatic heterocycles. The lowest BCUT2D eigenvalue weighted by molar-refractivity contribution is -0.129. The van der Waals surface area contributed by atoms with E-state index in [4.69, 9.17) is 0 Å². The van der Waals surface area contributed by atoms with Gasteiger partial charge in [-0.15, -0.1) is 11.3 Å². The van der Waals surface area contributed by atoms with Crippen molar-refractivity contribution in [3.05, 3.63) is 57.8 Å². The van der Waals surface area contributed by atoms with E-state index in [1.165, 1.54) is 28.8 Å². The number of likely N-dealkylation sites (tertiary alicyclic amines) is 1. The zero-order chi connectivity index (χ0) is 18.1. The molecule has 0 bridgehead atoms. The van der Waals surface area contributed by atoms with E-state index in [0.717, 1.165) is 26.1 Å². The van der Waals surface area contributed by atoms with Gasteiger partial charge in [-0.1, -0.05) is 30.3 Å². The molecule has 0 N–H and O–H groups in total. The average molecular weight is 369 g/mol. The zero-order valence-corrected chi connectivity index (χ0v) is 16.6. The Morgan fingerprint density at radius 1 is 1.19 bits per heavy atom. The molecule has 1 aliphatic carbocycles. The van der Waals surface area contributed by atoms with Crippen LogP contribution in [0.5, 0.6) is 0 Å². The number of amides is 1. The third-order valence-corrected chi connectivity index (χ3v) is 7.16. The van der Waals surface area contributed by atoms with Crippen molar-refractivity contribution in [2.45, 2.75) is 43.6 Å². The summed E-state index contributed by atoms with van der Waals surface area (Å²) in [5.41, 5.74) is 3.22. The Morgan fingerprint density at radius 2 is 1.96 bits per heavy atom. The number of thiophene rings is 1. The van der Waals surface area contributed by atoms with Crippen molar-refractivity contribution >= 4 is 17.2 Å². The molecule has 0 saturated carbocycles. The molecule has 2 aliphatic rings. The summed E-state index contributed by atoms with van der Waals surface area (Å²) in [4.78, 5) is 18.1. The Balaban J connectivity index is 1.49. The molecule has 1 aliphatic heterocycles. The van der Waals surface area contributed by atoms with Gasteiger partial charge in [0, 0.05) is 31.9 Å². The van der Waals surface area contributed by atoms with Crippen molar-refractivity contribution in [2.75, 3.05) is 27.2 Å². The zero-order valence-electron chi connectivity index (χ0n) is 15.8. The number of carbonyl (C=O) groups excluding carboxylic acids is 1. The summed E-state index contributed by atoms with van der Waals surface area (Å²) in [7, 11) is 3.73. The number of carbonyl (C=O) groups is 1. The Morgan fingerprint density at radius 3 is 2.65 bits per heavy atom. The van der Waals surface area contributed by atoms with Crippen molar-refractivity contribution in [2.24, 2.45) is 0 Å². The van der Waals surface area contributed by atoms with E-state index < -0.39 is 0 Å². The highest BCUT2D eigenvalue weighted by Crippen LogP contribution is 2.52. The summed E-state index contributed by atoms with van der Waals surface area (Å²) in [5, 5.41) is 2.17. The van der Waals surface area contributed by atoms with Gasteiger partial charge in [-0.05, 0) is 66.3 Å². The third-order valence-electron chi connectivity index (χ3n) is 6.30. The van der Waals surface area contributed by atoms with Crippen LogP contribution in [0.15, 0.2) is 41.8 Å². The van der Waals surface area contributed by atoms with Gasteiger partial charge in [0.2, 0.25) is 5.91 Å². The number of hydrogen-bond donors (Lipinski definition) is 0. The molecular formula is C22H28N2OS. The molecular weight excluding hydrogens is 340 g/mol. The monoisotopic (exact) mass is 368 g/mol. The molecule has 0 unspecified atom stereocenters. The number of hydrogen-bond acceptors (Lipinski definition) is 3. The third kappa shape index (κ3) is 3.33. The summed E-state index contributed by atoms with van der Waals surface area (Å²) in [6.07, 6.45) is 4.20. The summed E-state index contributed by atoms with van der Waals surface area (Å²) in [5.74, 6) is 0.627. The summed E-state index contributed by atoms with van der Waals surface area (Å²) in [6.45, 7) is 3.39. The molecule has 1 fully saturated rings. The van der Waals surface area contributed by atoms with Gasteiger partial charge in [0.25, 0.3) is 0 Å². The van der Waals surface area contributed by atoms with E-state index in [2.05, 4.69) is 46.7 Å². The van der Waals surface area contributed by atoms with Gasteiger partial charge in [-0.25, -0.2) is 0 Å². The Kier molecular flexibility index (Phi) is 4.89. The predicted molar refractivity (Wildman–Crippen MR) is 108 cm³/mol. The lowest BCUT2D eigenvalue weighted by Gasteiger charge is -2.40. The van der Waals surface area contributed by atoms with E-state index >= 15 is 0 Å². The molecule has 4 heteroatoms. The summed E-state index contributed by atoms with van der Waals surface area (Å²) >= 11 is 1.85. The SMILES string of the molecule is CN(C)C(=O)C[C@H]1CC2(CCN(Cc3cccs3)CC2)c2ccccc21. The van der Waals surface area contributed by atoms with E-state index in [0.29, 0.717) is 12.3 Å². The molecule has 1 saturated heterocycles. The van der Waals surface area contributed by atoms with Crippen molar-refractivity contribution in [3.8, 4) is 0 Å². The van der Waals surface area contributed by atoms with Gasteiger partial charge in [0.15, 0.2) is 0 Å². The predicted octanol–water partition coefficient (Wildman–Crippen LogP) is 4.25. The molecule has 2 heterocycles.